The molecule has 0 spiro atoms. The van der Waals surface area contributed by atoms with Crippen molar-refractivity contribution in [2.75, 3.05) is 19.6 Å². The van der Waals surface area contributed by atoms with Crippen LogP contribution in [0, 0.1) is 0 Å². The highest BCUT2D eigenvalue weighted by Crippen LogP contribution is 2.22. The molecular weight excluding hydrogens is 336 g/mol. The number of nitrogens with zero attached hydrogens (tertiary/aromatic N) is 2. The Morgan fingerprint density at radius 3 is 2.08 bits per heavy atom. The van der Waals surface area contributed by atoms with Gasteiger partial charge in [0.25, 0.3) is 17.7 Å². The molecule has 0 radical (unpaired) electrons. The monoisotopic (exact) mass is 358 g/mol. The van der Waals surface area contributed by atoms with E-state index in [2.05, 4.69) is 0 Å². The SMILES string of the molecule is CC(OC(=O)CN1C(=O)c2ccccc2C1=O)C(=O)N1CCCCCC1. The molecule has 0 aliphatic carbocycles. The van der Waals surface area contributed by atoms with Gasteiger partial charge in [0, 0.05) is 13.1 Å². The predicted octanol–water partition coefficient (Wildman–Crippen LogP) is 1.62. The third-order valence-electron chi connectivity index (χ3n) is 4.74. The second kappa shape index (κ2) is 7.68. The standard InChI is InChI=1S/C19H22N2O5/c1-13(17(23)20-10-6-2-3-7-11-20)26-16(22)12-21-18(24)14-8-4-5-9-15(14)19(21)25/h4-5,8-9,13H,2-3,6-7,10-12H2,1H3. The normalized spacial score (nSPS) is 18.3. The molecule has 1 fully saturated rings. The number of hydrogen-bond acceptors (Lipinski definition) is 5. The first-order valence-corrected chi connectivity index (χ1v) is 8.92. The van der Waals surface area contributed by atoms with Gasteiger partial charge in [-0.3, -0.25) is 24.1 Å². The Bertz CT molecular complexity index is 702. The fourth-order valence-corrected chi connectivity index (χ4v) is 3.34. The molecule has 2 aliphatic rings. The lowest BCUT2D eigenvalue weighted by Crippen LogP contribution is -2.42. The number of hydrogen-bond donors (Lipinski definition) is 0. The molecule has 0 bridgehead atoms. The molecular formula is C19H22N2O5. The van der Waals surface area contributed by atoms with Crippen LogP contribution in [0.5, 0.6) is 0 Å². The second-order valence-corrected chi connectivity index (χ2v) is 6.61. The van der Waals surface area contributed by atoms with Gasteiger partial charge in [0.15, 0.2) is 6.10 Å². The van der Waals surface area contributed by atoms with E-state index < -0.39 is 30.4 Å². The zero-order chi connectivity index (χ0) is 18.7. The van der Waals surface area contributed by atoms with Crippen molar-refractivity contribution in [3.05, 3.63) is 35.4 Å². The first-order chi connectivity index (χ1) is 12.5. The first-order valence-electron chi connectivity index (χ1n) is 8.92. The van der Waals surface area contributed by atoms with Crippen molar-refractivity contribution in [1.82, 2.24) is 9.80 Å². The van der Waals surface area contributed by atoms with Crippen LogP contribution in [-0.4, -0.2) is 59.2 Å². The van der Waals surface area contributed by atoms with Gasteiger partial charge >= 0.3 is 5.97 Å². The number of esters is 1. The highest BCUT2D eigenvalue weighted by molar-refractivity contribution is 6.22. The lowest BCUT2D eigenvalue weighted by Gasteiger charge is -2.24. The van der Waals surface area contributed by atoms with Crippen molar-refractivity contribution in [1.29, 1.82) is 0 Å². The molecule has 0 N–H and O–H groups in total. The molecule has 3 amide bonds. The van der Waals surface area contributed by atoms with Crippen molar-refractivity contribution in [2.24, 2.45) is 0 Å². The molecule has 138 valence electrons. The zero-order valence-corrected chi connectivity index (χ0v) is 14.8. The van der Waals surface area contributed by atoms with Gasteiger partial charge in [-0.05, 0) is 31.9 Å². The number of ether oxygens (including phenoxy) is 1. The average molecular weight is 358 g/mol. The fraction of sp³-hybridized carbons (Fsp3) is 0.474. The lowest BCUT2D eigenvalue weighted by atomic mass is 10.1. The van der Waals surface area contributed by atoms with E-state index >= 15 is 0 Å². The average Bonchev–Trinajstić information content (AvgIpc) is 2.84. The molecule has 7 nitrogen and oxygen atoms in total. The minimum Gasteiger partial charge on any atom is -0.451 e. The van der Waals surface area contributed by atoms with Crippen LogP contribution in [0.1, 0.15) is 53.3 Å². The maximum atomic E-state index is 12.4. The van der Waals surface area contributed by atoms with Crippen LogP contribution >= 0.6 is 0 Å². The van der Waals surface area contributed by atoms with Gasteiger partial charge in [-0.1, -0.05) is 25.0 Å². The lowest BCUT2D eigenvalue weighted by molar-refractivity contribution is -0.159. The number of amides is 3. The Balaban J connectivity index is 1.58. The summed E-state index contributed by atoms with van der Waals surface area (Å²) in [6, 6.07) is 6.42. The van der Waals surface area contributed by atoms with Crippen LogP contribution in [0.4, 0.5) is 0 Å². The van der Waals surface area contributed by atoms with Crippen molar-refractivity contribution in [3.63, 3.8) is 0 Å². The van der Waals surface area contributed by atoms with Gasteiger partial charge in [-0.25, -0.2) is 0 Å². The molecule has 1 aromatic rings. The van der Waals surface area contributed by atoms with E-state index in [0.717, 1.165) is 30.6 Å². The maximum absolute atomic E-state index is 12.4. The smallest absolute Gasteiger partial charge is 0.326 e. The molecule has 2 heterocycles. The molecule has 2 aliphatic heterocycles. The number of carbonyl (C=O) groups excluding carboxylic acids is 4. The highest BCUT2D eigenvalue weighted by atomic mass is 16.5. The Morgan fingerprint density at radius 1 is 1.00 bits per heavy atom. The summed E-state index contributed by atoms with van der Waals surface area (Å²) >= 11 is 0. The zero-order valence-electron chi connectivity index (χ0n) is 14.8. The molecule has 1 aromatic carbocycles. The summed E-state index contributed by atoms with van der Waals surface area (Å²) in [7, 11) is 0. The van der Waals surface area contributed by atoms with E-state index in [9.17, 15) is 19.2 Å². The highest BCUT2D eigenvalue weighted by Gasteiger charge is 2.37. The van der Waals surface area contributed by atoms with Gasteiger partial charge in [0.05, 0.1) is 11.1 Å². The maximum Gasteiger partial charge on any atom is 0.326 e. The Morgan fingerprint density at radius 2 is 1.54 bits per heavy atom. The largest absolute Gasteiger partial charge is 0.451 e. The first kappa shape index (κ1) is 18.1. The number of imide groups is 1. The summed E-state index contributed by atoms with van der Waals surface area (Å²) in [5.74, 6) is -2.04. The summed E-state index contributed by atoms with van der Waals surface area (Å²) in [5.41, 5.74) is 0.554. The molecule has 7 heteroatoms. The van der Waals surface area contributed by atoms with E-state index in [4.69, 9.17) is 4.74 Å². The Hall–Kier alpha value is -2.70. The number of rotatable bonds is 4. The topological polar surface area (TPSA) is 84.0 Å². The van der Waals surface area contributed by atoms with Gasteiger partial charge < -0.3 is 9.64 Å². The van der Waals surface area contributed by atoms with Crippen LogP contribution in [0.2, 0.25) is 0 Å². The Kier molecular flexibility index (Phi) is 5.35. The summed E-state index contributed by atoms with van der Waals surface area (Å²) in [4.78, 5) is 51.7. The number of likely N-dealkylation sites (tertiary alicyclic amines) is 1. The summed E-state index contributed by atoms with van der Waals surface area (Å²) in [6.45, 7) is 2.36. The van der Waals surface area contributed by atoms with E-state index in [1.807, 2.05) is 0 Å². The molecule has 0 saturated carbocycles. The van der Waals surface area contributed by atoms with E-state index in [-0.39, 0.29) is 17.0 Å². The summed E-state index contributed by atoms with van der Waals surface area (Å²) < 4.78 is 5.19. The molecule has 1 unspecified atom stereocenters. The van der Waals surface area contributed by atoms with Gasteiger partial charge in [-0.2, -0.15) is 0 Å². The van der Waals surface area contributed by atoms with Gasteiger partial charge in [-0.15, -0.1) is 0 Å². The molecule has 1 saturated heterocycles. The third-order valence-corrected chi connectivity index (χ3v) is 4.74. The number of benzene rings is 1. The fourth-order valence-electron chi connectivity index (χ4n) is 3.34. The van der Waals surface area contributed by atoms with Crippen molar-refractivity contribution in [2.45, 2.75) is 38.7 Å². The van der Waals surface area contributed by atoms with Crippen LogP contribution < -0.4 is 0 Å². The molecule has 26 heavy (non-hydrogen) atoms. The van der Waals surface area contributed by atoms with Gasteiger partial charge in [0.2, 0.25) is 0 Å². The van der Waals surface area contributed by atoms with Crippen LogP contribution in [-0.2, 0) is 14.3 Å². The van der Waals surface area contributed by atoms with Crippen molar-refractivity contribution in [3.8, 4) is 0 Å². The van der Waals surface area contributed by atoms with Crippen LogP contribution in [0.25, 0.3) is 0 Å². The predicted molar refractivity (Wildman–Crippen MR) is 92.4 cm³/mol. The minimum atomic E-state index is -0.934. The number of carbonyl (C=O) groups is 4. The van der Waals surface area contributed by atoms with Crippen LogP contribution in [0.3, 0.4) is 0 Å². The van der Waals surface area contributed by atoms with E-state index in [1.165, 1.54) is 6.92 Å². The summed E-state index contributed by atoms with van der Waals surface area (Å²) in [5, 5.41) is 0. The van der Waals surface area contributed by atoms with Crippen molar-refractivity contribution >= 4 is 23.7 Å². The molecule has 1 atom stereocenters. The quantitative estimate of drug-likeness (QED) is 0.603. The third kappa shape index (κ3) is 3.61. The van der Waals surface area contributed by atoms with E-state index in [0.29, 0.717) is 13.1 Å². The van der Waals surface area contributed by atoms with Crippen LogP contribution in [0.15, 0.2) is 24.3 Å². The van der Waals surface area contributed by atoms with Crippen molar-refractivity contribution < 1.29 is 23.9 Å². The van der Waals surface area contributed by atoms with Gasteiger partial charge in [0.1, 0.15) is 6.54 Å². The minimum absolute atomic E-state index is 0.234. The second-order valence-electron chi connectivity index (χ2n) is 6.61. The Labute approximate surface area is 151 Å². The number of fused-ring (bicyclic) bond motifs is 1. The summed E-state index contributed by atoms with van der Waals surface area (Å²) in [6.07, 6.45) is 3.15. The van der Waals surface area contributed by atoms with E-state index in [1.54, 1.807) is 29.2 Å². The molecule has 0 aromatic heterocycles. The molecule has 3 rings (SSSR count).